The third-order valence-electron chi connectivity index (χ3n) is 11.6. The molecule has 5 amide bonds. The zero-order valence-corrected chi connectivity index (χ0v) is 28.9. The number of ketones is 1. The highest BCUT2D eigenvalue weighted by molar-refractivity contribution is 7.79. The van der Waals surface area contributed by atoms with E-state index in [1.165, 1.54) is 0 Å². The second-order valence-electron chi connectivity index (χ2n) is 15.2. The molecule has 1 heterocycles. The molecule has 5 fully saturated rings. The predicted molar refractivity (Wildman–Crippen MR) is 176 cm³/mol. The van der Waals surface area contributed by atoms with Crippen LogP contribution in [0.5, 0.6) is 0 Å². The van der Waals surface area contributed by atoms with E-state index >= 15 is 0 Å². The van der Waals surface area contributed by atoms with Crippen molar-refractivity contribution in [1.82, 2.24) is 26.2 Å². The molecule has 47 heavy (non-hydrogen) atoms. The molecule has 0 spiro atoms. The molecule has 5 unspecified atom stereocenters. The van der Waals surface area contributed by atoms with E-state index in [2.05, 4.69) is 21.3 Å². The molecule has 0 bridgehead atoms. The van der Waals surface area contributed by atoms with E-state index in [0.29, 0.717) is 44.6 Å². The molecular formula is C34H54N5O7S-. The highest BCUT2D eigenvalue weighted by Gasteiger charge is 2.48. The van der Waals surface area contributed by atoms with Crippen LogP contribution in [0.3, 0.4) is 0 Å². The van der Waals surface area contributed by atoms with Crippen LogP contribution < -0.4 is 21.3 Å². The van der Waals surface area contributed by atoms with E-state index in [1.54, 1.807) is 11.8 Å². The number of rotatable bonds is 14. The summed E-state index contributed by atoms with van der Waals surface area (Å²) in [4.78, 5) is 69.3. The molecule has 4 saturated carbocycles. The first-order valence-electron chi connectivity index (χ1n) is 18.0. The molecular weight excluding hydrogens is 622 g/mol. The second-order valence-corrected chi connectivity index (χ2v) is 16.5. The van der Waals surface area contributed by atoms with E-state index in [9.17, 15) is 32.7 Å². The second kappa shape index (κ2) is 15.3. The number of Topliss-reactive ketones (excluding diaryl/α,β-unsaturated/α-hetero) is 1. The highest BCUT2D eigenvalue weighted by Crippen LogP contribution is 2.41. The van der Waals surface area contributed by atoms with Gasteiger partial charge in [-0.3, -0.25) is 23.4 Å². The van der Waals surface area contributed by atoms with E-state index < -0.39 is 69.0 Å². The maximum Gasteiger partial charge on any atom is 0.315 e. The predicted octanol–water partition coefficient (Wildman–Crippen LogP) is 3.11. The Bertz CT molecular complexity index is 1210. The number of carbonyl (C=O) groups excluding carboxylic acids is 5. The van der Waals surface area contributed by atoms with Gasteiger partial charge < -0.3 is 30.7 Å². The lowest BCUT2D eigenvalue weighted by Crippen LogP contribution is -2.65. The lowest BCUT2D eigenvalue weighted by Gasteiger charge is -2.45. The fraction of sp³-hybridized carbons (Fsp3) is 0.853. The Labute approximate surface area is 281 Å². The number of amides is 5. The van der Waals surface area contributed by atoms with Crippen LogP contribution in [0.4, 0.5) is 4.79 Å². The van der Waals surface area contributed by atoms with E-state index in [-0.39, 0.29) is 11.9 Å². The number of likely N-dealkylation sites (tertiary alicyclic amines) is 1. The van der Waals surface area contributed by atoms with Gasteiger partial charge in [-0.05, 0) is 82.5 Å². The lowest BCUT2D eigenvalue weighted by atomic mass is 9.70. The van der Waals surface area contributed by atoms with Crippen molar-refractivity contribution >= 4 is 40.6 Å². The van der Waals surface area contributed by atoms with Gasteiger partial charge in [-0.1, -0.05) is 69.4 Å². The fourth-order valence-electron chi connectivity index (χ4n) is 8.03. The average Bonchev–Trinajstić information content (AvgIpc) is 4.00. The minimum absolute atomic E-state index is 0.0237. The van der Waals surface area contributed by atoms with Crippen LogP contribution in [0.2, 0.25) is 0 Å². The Morgan fingerprint density at radius 1 is 0.872 bits per heavy atom. The summed E-state index contributed by atoms with van der Waals surface area (Å²) < 4.78 is 24.1. The van der Waals surface area contributed by atoms with Gasteiger partial charge in [0, 0.05) is 17.8 Å². The maximum absolute atomic E-state index is 14.5. The van der Waals surface area contributed by atoms with Gasteiger partial charge in [-0.15, -0.1) is 0 Å². The fourth-order valence-corrected chi connectivity index (χ4v) is 8.70. The zero-order chi connectivity index (χ0) is 33.8. The van der Waals surface area contributed by atoms with Crippen molar-refractivity contribution in [3.63, 3.8) is 0 Å². The van der Waals surface area contributed by atoms with Gasteiger partial charge in [-0.2, -0.15) is 0 Å². The summed E-state index contributed by atoms with van der Waals surface area (Å²) in [6, 6.07) is -3.23. The molecule has 0 aromatic rings. The van der Waals surface area contributed by atoms with E-state index in [4.69, 9.17) is 0 Å². The van der Waals surface area contributed by atoms with Crippen LogP contribution in [0, 0.1) is 11.3 Å². The van der Waals surface area contributed by atoms with Crippen LogP contribution in [-0.2, 0) is 30.3 Å². The minimum Gasteiger partial charge on any atom is -0.772 e. The first-order valence-corrected chi connectivity index (χ1v) is 19.2. The zero-order valence-electron chi connectivity index (χ0n) is 28.1. The smallest absolute Gasteiger partial charge is 0.315 e. The number of nitrogens with one attached hydrogen (secondary N) is 4. The van der Waals surface area contributed by atoms with Crippen molar-refractivity contribution in [2.75, 3.05) is 6.54 Å². The van der Waals surface area contributed by atoms with Crippen LogP contribution in [-0.4, -0.2) is 84.7 Å². The Morgan fingerprint density at radius 3 is 2.11 bits per heavy atom. The van der Waals surface area contributed by atoms with Gasteiger partial charge in [0.15, 0.2) is 0 Å². The molecule has 0 aromatic carbocycles. The van der Waals surface area contributed by atoms with E-state index in [0.717, 1.165) is 83.5 Å². The molecule has 5 aliphatic rings. The van der Waals surface area contributed by atoms with Gasteiger partial charge in [0.2, 0.25) is 17.6 Å². The van der Waals surface area contributed by atoms with Crippen LogP contribution in [0.1, 0.15) is 129 Å². The summed E-state index contributed by atoms with van der Waals surface area (Å²) in [5.41, 5.74) is -1.47. The van der Waals surface area contributed by atoms with Gasteiger partial charge in [0.1, 0.15) is 12.1 Å². The topological polar surface area (TPSA) is 177 Å². The van der Waals surface area contributed by atoms with Crippen molar-refractivity contribution in [1.29, 1.82) is 0 Å². The molecule has 4 N–H and O–H groups in total. The third-order valence-corrected chi connectivity index (χ3v) is 12.6. The number of carbonyl (C=O) groups is 5. The quantitative estimate of drug-likeness (QED) is 0.161. The normalized spacial score (nSPS) is 26.3. The lowest BCUT2D eigenvalue weighted by molar-refractivity contribution is -0.144. The average molecular weight is 677 g/mol. The summed E-state index contributed by atoms with van der Waals surface area (Å²) in [6.45, 7) is 3.97. The van der Waals surface area contributed by atoms with Crippen molar-refractivity contribution in [2.45, 2.75) is 164 Å². The van der Waals surface area contributed by atoms with Gasteiger partial charge >= 0.3 is 6.03 Å². The number of nitrogens with zero attached hydrogens (tertiary/aromatic N) is 1. The molecule has 5 atom stereocenters. The van der Waals surface area contributed by atoms with Gasteiger partial charge in [0.25, 0.3) is 5.91 Å². The Morgan fingerprint density at radius 2 is 1.51 bits per heavy atom. The largest absolute Gasteiger partial charge is 0.772 e. The standard InChI is InChI=1S/C34H55N5O7S/c1-22(47(45)46)34(19-7-4-8-20-34)38-32(44)37-28(33(2)17-5-3-6-18-33)31(43)39-21-9-10-26(39)29(41)36-25(16-13-23-11-12-23)27(40)30(42)35-24-14-15-24/h22-26,28H,3-21H2,1-2H3,(H,35,42)(H,36,41)(H,45,46)(H2,37,38,44)/p-1. The number of hydrogen-bond donors (Lipinski definition) is 4. The SMILES string of the molecule is CC(S(=O)[O-])C1(NC(=O)NC(C(=O)N2CCCC2C(=O)NC(CCC2CC2)C(=O)C(=O)NC2CC2)C2(C)CCCCC2)CCCCC1. The van der Waals surface area contributed by atoms with Gasteiger partial charge in [-0.25, -0.2) is 4.79 Å². The van der Waals surface area contributed by atoms with E-state index in [1.807, 2.05) is 6.92 Å². The number of hydrogen-bond acceptors (Lipinski definition) is 7. The molecule has 0 aromatic heterocycles. The van der Waals surface area contributed by atoms with Gasteiger partial charge in [0.05, 0.1) is 11.6 Å². The van der Waals surface area contributed by atoms with Crippen LogP contribution in [0.15, 0.2) is 0 Å². The molecule has 264 valence electrons. The summed E-state index contributed by atoms with van der Waals surface area (Å²) in [5.74, 6) is -1.59. The van der Waals surface area contributed by atoms with Crippen molar-refractivity contribution in [2.24, 2.45) is 11.3 Å². The Balaban J connectivity index is 1.31. The molecule has 5 rings (SSSR count). The molecule has 13 heteroatoms. The Hall–Kier alpha value is -2.54. The molecule has 0 radical (unpaired) electrons. The molecule has 1 saturated heterocycles. The van der Waals surface area contributed by atoms with Crippen LogP contribution in [0.25, 0.3) is 0 Å². The molecule has 4 aliphatic carbocycles. The summed E-state index contributed by atoms with van der Waals surface area (Å²) >= 11 is -2.38. The number of urea groups is 1. The highest BCUT2D eigenvalue weighted by atomic mass is 32.2. The molecule has 12 nitrogen and oxygen atoms in total. The summed E-state index contributed by atoms with van der Waals surface area (Å²) in [7, 11) is 0. The van der Waals surface area contributed by atoms with Crippen molar-refractivity contribution in [3.05, 3.63) is 0 Å². The first-order chi connectivity index (χ1) is 22.4. The molecule has 1 aliphatic heterocycles. The maximum atomic E-state index is 14.5. The summed E-state index contributed by atoms with van der Waals surface area (Å²) in [5, 5.41) is 10.8. The first kappa shape index (κ1) is 35.8. The monoisotopic (exact) mass is 676 g/mol. The van der Waals surface area contributed by atoms with Crippen LogP contribution >= 0.6 is 0 Å². The van der Waals surface area contributed by atoms with Crippen molar-refractivity contribution in [3.8, 4) is 0 Å². The summed E-state index contributed by atoms with van der Waals surface area (Å²) in [6.07, 6.45) is 14.0. The Kier molecular flexibility index (Phi) is 11.7. The third kappa shape index (κ3) is 8.93. The minimum atomic E-state index is -2.38. The van der Waals surface area contributed by atoms with Crippen molar-refractivity contribution < 1.29 is 32.7 Å².